The quantitative estimate of drug-likeness (QED) is 0.565. The van der Waals surface area contributed by atoms with Crippen LogP contribution >= 0.6 is 0 Å². The van der Waals surface area contributed by atoms with Crippen LogP contribution in [0.15, 0.2) is 71.9 Å². The smallest absolute Gasteiger partial charge is 0.277 e. The lowest BCUT2D eigenvalue weighted by atomic mass is 9.74. The van der Waals surface area contributed by atoms with Gasteiger partial charge in [-0.25, -0.2) is 0 Å². The first-order valence-electron chi connectivity index (χ1n) is 10.6. The van der Waals surface area contributed by atoms with Gasteiger partial charge in [-0.05, 0) is 30.3 Å². The minimum Gasteiger partial charge on any atom is -0.497 e. The van der Waals surface area contributed by atoms with Crippen molar-refractivity contribution < 1.29 is 28.6 Å². The van der Waals surface area contributed by atoms with Gasteiger partial charge in [-0.3, -0.25) is 9.59 Å². The molecule has 2 unspecified atom stereocenters. The summed E-state index contributed by atoms with van der Waals surface area (Å²) in [5, 5.41) is 7.15. The van der Waals surface area contributed by atoms with Crippen LogP contribution in [-0.2, 0) is 15.2 Å². The van der Waals surface area contributed by atoms with E-state index in [0.717, 1.165) is 0 Å². The number of oxime groups is 1. The van der Waals surface area contributed by atoms with Crippen molar-refractivity contribution in [3.8, 4) is 17.2 Å². The molecular weight excluding hydrogens is 436 g/mol. The van der Waals surface area contributed by atoms with Gasteiger partial charge >= 0.3 is 0 Å². The molecule has 2 aliphatic rings. The number of benzene rings is 3. The Balaban J connectivity index is 1.71. The number of ether oxygens (including phenoxy) is 3. The Morgan fingerprint density at radius 3 is 2.47 bits per heavy atom. The summed E-state index contributed by atoms with van der Waals surface area (Å²) in [6.45, 7) is 0. The molecule has 0 aliphatic carbocycles. The zero-order chi connectivity index (χ0) is 23.9. The Kier molecular flexibility index (Phi) is 5.20. The summed E-state index contributed by atoms with van der Waals surface area (Å²) in [4.78, 5) is 33.4. The minimum atomic E-state index is -1.66. The molecule has 3 aromatic rings. The number of anilines is 1. The maximum atomic E-state index is 14.1. The van der Waals surface area contributed by atoms with Crippen LogP contribution in [0.5, 0.6) is 17.2 Å². The molecule has 1 spiro atoms. The Morgan fingerprint density at radius 1 is 0.941 bits per heavy atom. The summed E-state index contributed by atoms with van der Waals surface area (Å²) in [6, 6.07) is 19.1. The molecule has 5 rings (SSSR count). The number of Topliss-reactive ketones (excluding diaryl/α,β-unsaturated/α-hetero) is 1. The molecule has 1 amide bonds. The van der Waals surface area contributed by atoms with Crippen LogP contribution in [-0.4, -0.2) is 38.7 Å². The van der Waals surface area contributed by atoms with Crippen molar-refractivity contribution in [1.29, 1.82) is 0 Å². The number of hydrogen-bond donors (Lipinski definition) is 1. The molecule has 0 saturated heterocycles. The van der Waals surface area contributed by atoms with Crippen LogP contribution in [0.25, 0.3) is 0 Å². The van der Waals surface area contributed by atoms with Crippen molar-refractivity contribution >= 4 is 23.1 Å². The number of carbonyl (C=O) groups is 2. The van der Waals surface area contributed by atoms with E-state index in [2.05, 4.69) is 10.5 Å². The van der Waals surface area contributed by atoms with E-state index in [0.29, 0.717) is 45.3 Å². The average molecular weight is 458 g/mol. The summed E-state index contributed by atoms with van der Waals surface area (Å²) in [7, 11) is 4.59. The highest BCUT2D eigenvalue weighted by molar-refractivity contribution is 6.25. The number of ketones is 1. The second kappa shape index (κ2) is 8.22. The standard InChI is InChI=1S/C26H22N2O6/c1-31-16-8-6-7-15(13-16)24(29)22-23(18-12-11-17(32-2)14-21(18)33-3)28-34-26(22)19-9-4-5-10-20(19)27-25(26)30/h4-14,22H,1-3H3,(H,27,30). The largest absolute Gasteiger partial charge is 0.497 e. The molecule has 2 aliphatic heterocycles. The highest BCUT2D eigenvalue weighted by Crippen LogP contribution is 2.50. The molecule has 0 bridgehead atoms. The number of fused-ring (bicyclic) bond motifs is 2. The monoisotopic (exact) mass is 458 g/mol. The van der Waals surface area contributed by atoms with E-state index in [4.69, 9.17) is 19.0 Å². The molecule has 34 heavy (non-hydrogen) atoms. The van der Waals surface area contributed by atoms with Crippen LogP contribution in [0.4, 0.5) is 5.69 Å². The molecule has 0 saturated carbocycles. The van der Waals surface area contributed by atoms with Gasteiger partial charge in [0.2, 0.25) is 0 Å². The summed E-state index contributed by atoms with van der Waals surface area (Å²) in [6.07, 6.45) is 0. The number of amides is 1. The molecule has 0 radical (unpaired) electrons. The Bertz CT molecular complexity index is 1330. The minimum absolute atomic E-state index is 0.291. The van der Waals surface area contributed by atoms with Crippen LogP contribution < -0.4 is 19.5 Å². The lowest BCUT2D eigenvalue weighted by Crippen LogP contribution is -2.46. The molecule has 1 N–H and O–H groups in total. The predicted octanol–water partition coefficient (Wildman–Crippen LogP) is 3.79. The number of para-hydroxylation sites is 1. The van der Waals surface area contributed by atoms with Gasteiger partial charge in [0.15, 0.2) is 5.78 Å². The number of rotatable bonds is 6. The topological polar surface area (TPSA) is 95.5 Å². The van der Waals surface area contributed by atoms with Gasteiger partial charge in [0.05, 0.1) is 21.3 Å². The highest BCUT2D eigenvalue weighted by atomic mass is 16.7. The SMILES string of the molecule is COc1cccc(C(=O)C2C(c3ccc(OC)cc3OC)=NOC23C(=O)Nc2ccccc23)c1. The van der Waals surface area contributed by atoms with Gasteiger partial charge in [0.25, 0.3) is 11.5 Å². The van der Waals surface area contributed by atoms with Crippen molar-refractivity contribution in [2.45, 2.75) is 5.60 Å². The third-order valence-electron chi connectivity index (χ3n) is 6.18. The first-order valence-corrected chi connectivity index (χ1v) is 10.6. The Hall–Kier alpha value is -4.33. The Morgan fingerprint density at radius 2 is 1.71 bits per heavy atom. The second-order valence-corrected chi connectivity index (χ2v) is 7.90. The van der Waals surface area contributed by atoms with Crippen molar-refractivity contribution in [3.63, 3.8) is 0 Å². The van der Waals surface area contributed by atoms with Crippen molar-refractivity contribution in [3.05, 3.63) is 83.4 Å². The first kappa shape index (κ1) is 21.5. The molecule has 2 heterocycles. The zero-order valence-electron chi connectivity index (χ0n) is 18.8. The molecule has 2 atom stereocenters. The van der Waals surface area contributed by atoms with Crippen molar-refractivity contribution in [1.82, 2.24) is 0 Å². The van der Waals surface area contributed by atoms with Gasteiger partial charge in [-0.15, -0.1) is 0 Å². The van der Waals surface area contributed by atoms with E-state index >= 15 is 0 Å². The summed E-state index contributed by atoms with van der Waals surface area (Å²) < 4.78 is 16.2. The Labute approximate surface area is 196 Å². The maximum absolute atomic E-state index is 14.1. The second-order valence-electron chi connectivity index (χ2n) is 7.90. The number of nitrogens with one attached hydrogen (secondary N) is 1. The van der Waals surface area contributed by atoms with Gasteiger partial charge in [-0.2, -0.15) is 0 Å². The van der Waals surface area contributed by atoms with Gasteiger partial charge in [0, 0.05) is 28.4 Å². The third-order valence-corrected chi connectivity index (χ3v) is 6.18. The maximum Gasteiger partial charge on any atom is 0.277 e. The zero-order valence-corrected chi connectivity index (χ0v) is 18.8. The molecule has 8 nitrogen and oxygen atoms in total. The van der Waals surface area contributed by atoms with E-state index in [1.54, 1.807) is 73.8 Å². The number of carbonyl (C=O) groups excluding carboxylic acids is 2. The summed E-state index contributed by atoms with van der Waals surface area (Å²) >= 11 is 0. The fourth-order valence-electron chi connectivity index (χ4n) is 4.52. The summed E-state index contributed by atoms with van der Waals surface area (Å²) in [5.41, 5.74) is 0.655. The highest BCUT2D eigenvalue weighted by Gasteiger charge is 2.63. The number of hydrogen-bond acceptors (Lipinski definition) is 7. The predicted molar refractivity (Wildman–Crippen MR) is 125 cm³/mol. The molecule has 0 aromatic heterocycles. The normalized spacial score (nSPS) is 20.3. The molecule has 0 fully saturated rings. The van der Waals surface area contributed by atoms with Crippen molar-refractivity contribution in [2.75, 3.05) is 26.6 Å². The lowest BCUT2D eigenvalue weighted by Gasteiger charge is -2.27. The van der Waals surface area contributed by atoms with Gasteiger partial charge < -0.3 is 24.4 Å². The summed E-state index contributed by atoms with van der Waals surface area (Å²) in [5.74, 6) is -0.328. The van der Waals surface area contributed by atoms with Crippen LogP contribution in [0.1, 0.15) is 21.5 Å². The van der Waals surface area contributed by atoms with E-state index in [1.807, 2.05) is 0 Å². The number of methoxy groups -OCH3 is 3. The molecule has 8 heteroatoms. The van der Waals surface area contributed by atoms with Gasteiger partial charge in [0.1, 0.15) is 28.9 Å². The third kappa shape index (κ3) is 3.10. The van der Waals surface area contributed by atoms with Crippen molar-refractivity contribution in [2.24, 2.45) is 11.1 Å². The lowest BCUT2D eigenvalue weighted by molar-refractivity contribution is -0.140. The molecular formula is C26H22N2O6. The van der Waals surface area contributed by atoms with E-state index in [1.165, 1.54) is 14.2 Å². The van der Waals surface area contributed by atoms with E-state index < -0.39 is 17.4 Å². The fourth-order valence-corrected chi connectivity index (χ4v) is 4.52. The molecule has 3 aromatic carbocycles. The average Bonchev–Trinajstić information content (AvgIpc) is 3.41. The fraction of sp³-hybridized carbons (Fsp3) is 0.192. The van der Waals surface area contributed by atoms with Gasteiger partial charge in [-0.1, -0.05) is 35.5 Å². The van der Waals surface area contributed by atoms with Crippen LogP contribution in [0, 0.1) is 5.92 Å². The van der Waals surface area contributed by atoms with Crippen LogP contribution in [0.3, 0.4) is 0 Å². The van der Waals surface area contributed by atoms with E-state index in [-0.39, 0.29) is 5.78 Å². The van der Waals surface area contributed by atoms with E-state index in [9.17, 15) is 9.59 Å². The first-order chi connectivity index (χ1) is 16.5. The van der Waals surface area contributed by atoms with Crippen LogP contribution in [0.2, 0.25) is 0 Å². The number of nitrogens with zero attached hydrogens (tertiary/aromatic N) is 1. The molecule has 172 valence electrons.